The summed E-state index contributed by atoms with van der Waals surface area (Å²) in [6, 6.07) is -0.882. The molecule has 1 heterocycles. The van der Waals surface area contributed by atoms with Crippen LogP contribution in [-0.4, -0.2) is 54.1 Å². The zero-order chi connectivity index (χ0) is 7.72. The van der Waals surface area contributed by atoms with Gasteiger partial charge in [0.1, 0.15) is 20.1 Å². The molecular weight excluding hydrogens is 135 g/mol. The summed E-state index contributed by atoms with van der Waals surface area (Å²) >= 11 is 0. The first-order valence-corrected chi connectivity index (χ1v) is 3.05. The van der Waals surface area contributed by atoms with Crippen LogP contribution in [0.4, 0.5) is 0 Å². The molecule has 4 atom stereocenters. The minimum Gasteiger partial charge on any atom is -0.394 e. The average molecular weight is 144 g/mol. The van der Waals surface area contributed by atoms with Gasteiger partial charge in [0, 0.05) is 6.00 Å². The van der Waals surface area contributed by atoms with E-state index in [1.54, 1.807) is 0 Å². The molecule has 0 saturated carbocycles. The summed E-state index contributed by atoms with van der Waals surface area (Å²) in [5.41, 5.74) is 0. The molecule has 1 fully saturated rings. The zero-order valence-electron chi connectivity index (χ0n) is 5.34. The Morgan fingerprint density at radius 1 is 1.30 bits per heavy atom. The smallest absolute Gasteiger partial charge is 0.112 e. The lowest BCUT2D eigenvalue weighted by Gasteiger charge is -2.10. The topological polar surface area (TPSA) is 69.9 Å². The molecule has 0 aliphatic carbocycles. The molecule has 0 spiro atoms. The van der Waals surface area contributed by atoms with Gasteiger partial charge in [0.15, 0.2) is 0 Å². The Bertz CT molecular complexity index is 120. The second kappa shape index (κ2) is 2.88. The number of rotatable bonds is 1. The van der Waals surface area contributed by atoms with Crippen LogP contribution in [0.15, 0.2) is 0 Å². The Balaban J connectivity index is 2.53. The molecule has 0 amide bonds. The Labute approximate surface area is 59.8 Å². The number of aliphatic hydroxyl groups excluding tert-OH is 3. The Kier molecular flexibility index (Phi) is 2.30. The Morgan fingerprint density at radius 3 is 2.10 bits per heavy atom. The maximum Gasteiger partial charge on any atom is 0.112 e. The van der Waals surface area contributed by atoms with Crippen LogP contribution in [0.5, 0.6) is 0 Å². The Hall–Kier alpha value is -0.0951. The third-order valence-corrected chi connectivity index (χ3v) is 1.58. The predicted molar refractivity (Wildman–Crippen MR) is 33.5 cm³/mol. The van der Waals surface area contributed by atoms with E-state index in [2.05, 4.69) is 0 Å². The average Bonchev–Trinajstić information content (AvgIpc) is 2.17. The highest BCUT2D eigenvalue weighted by Gasteiger charge is 2.38. The third kappa shape index (κ3) is 1.18. The number of hydrogen-bond acceptors (Lipinski definition) is 4. The van der Waals surface area contributed by atoms with Crippen LogP contribution in [0.2, 0.25) is 0 Å². The van der Waals surface area contributed by atoms with E-state index in [1.807, 2.05) is 0 Å². The minimum absolute atomic E-state index is 0.327. The molecule has 1 aliphatic rings. The summed E-state index contributed by atoms with van der Waals surface area (Å²) in [7, 11) is 5.19. The standard InChI is InChI=1S/C5H9BO4/c6-5-4(9)3(8)2(1-7)10-5/h2-5,7-9H,1H2/t2-,3-,4-,5-/m1/s1. The number of ether oxygens (including phenoxy) is 1. The van der Waals surface area contributed by atoms with Gasteiger partial charge >= 0.3 is 0 Å². The van der Waals surface area contributed by atoms with Crippen molar-refractivity contribution in [3.05, 3.63) is 0 Å². The van der Waals surface area contributed by atoms with Crippen molar-refractivity contribution in [1.82, 2.24) is 0 Å². The van der Waals surface area contributed by atoms with Gasteiger partial charge in [-0.25, -0.2) is 0 Å². The van der Waals surface area contributed by atoms with E-state index in [9.17, 15) is 0 Å². The van der Waals surface area contributed by atoms with Gasteiger partial charge in [-0.15, -0.1) is 0 Å². The first kappa shape index (κ1) is 8.01. The van der Waals surface area contributed by atoms with Crippen molar-refractivity contribution in [2.45, 2.75) is 24.3 Å². The third-order valence-electron chi connectivity index (χ3n) is 1.58. The molecule has 1 rings (SSSR count). The van der Waals surface area contributed by atoms with Gasteiger partial charge in [-0.2, -0.15) is 0 Å². The summed E-state index contributed by atoms with van der Waals surface area (Å²) in [5.74, 6) is 0. The molecule has 0 aromatic rings. The molecule has 1 saturated heterocycles. The Morgan fingerprint density at radius 2 is 1.90 bits per heavy atom. The summed E-state index contributed by atoms with van der Waals surface area (Å²) in [4.78, 5) is 0. The zero-order valence-corrected chi connectivity index (χ0v) is 5.34. The van der Waals surface area contributed by atoms with Crippen LogP contribution in [0, 0.1) is 0 Å². The highest BCUT2D eigenvalue weighted by Crippen LogP contribution is 2.18. The lowest BCUT2D eigenvalue weighted by Crippen LogP contribution is -2.33. The lowest BCUT2D eigenvalue weighted by molar-refractivity contribution is -0.00875. The van der Waals surface area contributed by atoms with Crippen LogP contribution < -0.4 is 0 Å². The second-order valence-electron chi connectivity index (χ2n) is 2.30. The molecule has 2 radical (unpaired) electrons. The van der Waals surface area contributed by atoms with Crippen molar-refractivity contribution in [2.75, 3.05) is 6.61 Å². The van der Waals surface area contributed by atoms with E-state index in [0.717, 1.165) is 0 Å². The minimum atomic E-state index is -1.09. The molecule has 0 bridgehead atoms. The summed E-state index contributed by atoms with van der Waals surface area (Å²) in [5, 5.41) is 26.5. The molecule has 5 heteroatoms. The van der Waals surface area contributed by atoms with Crippen molar-refractivity contribution >= 4 is 7.85 Å². The van der Waals surface area contributed by atoms with E-state index in [4.69, 9.17) is 27.9 Å². The van der Waals surface area contributed by atoms with Crippen LogP contribution in [-0.2, 0) is 4.74 Å². The van der Waals surface area contributed by atoms with Gasteiger partial charge in [-0.1, -0.05) is 0 Å². The predicted octanol–water partition coefficient (Wildman–Crippen LogP) is -2.41. The van der Waals surface area contributed by atoms with E-state index >= 15 is 0 Å². The van der Waals surface area contributed by atoms with Crippen molar-refractivity contribution in [3.8, 4) is 0 Å². The molecule has 1 aliphatic heterocycles. The van der Waals surface area contributed by atoms with Crippen LogP contribution in [0.25, 0.3) is 0 Å². The molecule has 10 heavy (non-hydrogen) atoms. The summed E-state index contributed by atoms with van der Waals surface area (Å²) in [6.07, 6.45) is -2.90. The molecule has 56 valence electrons. The fourth-order valence-corrected chi connectivity index (χ4v) is 0.928. The van der Waals surface area contributed by atoms with E-state index in [0.29, 0.717) is 0 Å². The maximum atomic E-state index is 9.01. The fourth-order valence-electron chi connectivity index (χ4n) is 0.928. The summed E-state index contributed by atoms with van der Waals surface area (Å²) < 4.78 is 4.76. The van der Waals surface area contributed by atoms with E-state index in [1.165, 1.54) is 0 Å². The largest absolute Gasteiger partial charge is 0.394 e. The molecule has 3 N–H and O–H groups in total. The number of hydrogen-bond donors (Lipinski definition) is 3. The first-order chi connectivity index (χ1) is 4.66. The lowest BCUT2D eigenvalue weighted by atomic mass is 9.93. The van der Waals surface area contributed by atoms with Gasteiger partial charge in [0.2, 0.25) is 0 Å². The van der Waals surface area contributed by atoms with Crippen molar-refractivity contribution in [3.63, 3.8) is 0 Å². The monoisotopic (exact) mass is 144 g/mol. The highest BCUT2D eigenvalue weighted by molar-refractivity contribution is 6.11. The van der Waals surface area contributed by atoms with Gasteiger partial charge in [0.05, 0.1) is 12.7 Å². The van der Waals surface area contributed by atoms with E-state index < -0.39 is 24.3 Å². The van der Waals surface area contributed by atoms with Crippen molar-refractivity contribution < 1.29 is 20.1 Å². The molecule has 0 unspecified atom stereocenters. The van der Waals surface area contributed by atoms with Gasteiger partial charge in [-0.05, 0) is 0 Å². The SMILES string of the molecule is [B][C@@H]1O[C@H](CO)[C@@H](O)[C@H]1O. The highest BCUT2D eigenvalue weighted by atomic mass is 16.5. The quantitative estimate of drug-likeness (QED) is 0.358. The molecule has 0 aromatic heterocycles. The summed E-state index contributed by atoms with van der Waals surface area (Å²) in [6.45, 7) is -0.327. The molecular formula is C5H9BO4. The van der Waals surface area contributed by atoms with Gasteiger partial charge in [-0.3, -0.25) is 0 Å². The normalized spacial score (nSPS) is 47.9. The van der Waals surface area contributed by atoms with Gasteiger partial charge in [0.25, 0.3) is 0 Å². The van der Waals surface area contributed by atoms with Gasteiger partial charge < -0.3 is 20.1 Å². The van der Waals surface area contributed by atoms with Crippen LogP contribution in [0.3, 0.4) is 0 Å². The molecule has 4 nitrogen and oxygen atoms in total. The van der Waals surface area contributed by atoms with Crippen molar-refractivity contribution in [1.29, 1.82) is 0 Å². The second-order valence-corrected chi connectivity index (χ2v) is 2.30. The molecule has 0 aromatic carbocycles. The van der Waals surface area contributed by atoms with Crippen LogP contribution >= 0.6 is 0 Å². The van der Waals surface area contributed by atoms with E-state index in [-0.39, 0.29) is 6.61 Å². The van der Waals surface area contributed by atoms with Crippen molar-refractivity contribution in [2.24, 2.45) is 0 Å². The number of aliphatic hydroxyl groups is 3. The first-order valence-electron chi connectivity index (χ1n) is 3.05. The maximum absolute atomic E-state index is 9.01. The fraction of sp³-hybridized carbons (Fsp3) is 1.00. The van der Waals surface area contributed by atoms with Crippen LogP contribution in [0.1, 0.15) is 0 Å².